The molecule has 24 heavy (non-hydrogen) atoms. The molecule has 1 N–H and O–H groups in total. The number of anilines is 1. The first-order valence-electron chi connectivity index (χ1n) is 7.96. The Bertz CT molecular complexity index is 741. The second kappa shape index (κ2) is 6.53. The lowest BCUT2D eigenvalue weighted by molar-refractivity contribution is -0.385. The number of rotatable bonds is 7. The van der Waals surface area contributed by atoms with Gasteiger partial charge in [-0.3, -0.25) is 10.1 Å². The van der Waals surface area contributed by atoms with Crippen LogP contribution in [0.3, 0.4) is 0 Å². The SMILES string of the molecule is CSC1(CNc2ccc([N+](=O)[O-])cc2S(=O)(=O)N2CCCC2)CC1. The van der Waals surface area contributed by atoms with Crippen molar-refractivity contribution < 1.29 is 13.3 Å². The number of benzene rings is 1. The van der Waals surface area contributed by atoms with Crippen LogP contribution in [0, 0.1) is 10.1 Å². The number of nitrogens with zero attached hydrogens (tertiary/aromatic N) is 2. The van der Waals surface area contributed by atoms with Gasteiger partial charge >= 0.3 is 0 Å². The normalized spacial score (nSPS) is 20.0. The minimum absolute atomic E-state index is 0.00973. The van der Waals surface area contributed by atoms with Crippen LogP contribution in [0.15, 0.2) is 23.1 Å². The summed E-state index contributed by atoms with van der Waals surface area (Å²) in [6, 6.07) is 4.04. The van der Waals surface area contributed by atoms with E-state index in [4.69, 9.17) is 0 Å². The number of sulfonamides is 1. The van der Waals surface area contributed by atoms with Gasteiger partial charge < -0.3 is 5.32 Å². The van der Waals surface area contributed by atoms with Gasteiger partial charge in [-0.1, -0.05) is 0 Å². The molecule has 1 aliphatic heterocycles. The Kier molecular flexibility index (Phi) is 4.76. The first kappa shape index (κ1) is 17.5. The Morgan fingerprint density at radius 2 is 2.00 bits per heavy atom. The molecule has 0 bridgehead atoms. The van der Waals surface area contributed by atoms with E-state index in [-0.39, 0.29) is 15.3 Å². The fourth-order valence-corrected chi connectivity index (χ4v) is 5.33. The average Bonchev–Trinajstić information content (AvgIpc) is 3.12. The van der Waals surface area contributed by atoms with Gasteiger partial charge in [0.05, 0.1) is 10.6 Å². The summed E-state index contributed by atoms with van der Waals surface area (Å²) in [5.41, 5.74) is 0.247. The third-order valence-corrected chi connectivity index (χ3v) is 8.06. The topological polar surface area (TPSA) is 92.5 Å². The largest absolute Gasteiger partial charge is 0.383 e. The molecule has 2 fully saturated rings. The summed E-state index contributed by atoms with van der Waals surface area (Å²) in [5.74, 6) is 0. The molecule has 0 atom stereocenters. The number of nitro groups is 1. The predicted molar refractivity (Wildman–Crippen MR) is 95.1 cm³/mol. The smallest absolute Gasteiger partial charge is 0.270 e. The van der Waals surface area contributed by atoms with Gasteiger partial charge in [-0.05, 0) is 38.0 Å². The van der Waals surface area contributed by atoms with Crippen molar-refractivity contribution in [1.29, 1.82) is 0 Å². The molecule has 7 nitrogen and oxygen atoms in total. The Morgan fingerprint density at radius 3 is 2.54 bits per heavy atom. The molecule has 0 spiro atoms. The molecule has 0 amide bonds. The highest BCUT2D eigenvalue weighted by Gasteiger charge is 2.42. The third kappa shape index (κ3) is 3.38. The van der Waals surface area contributed by atoms with Gasteiger partial charge in [-0.15, -0.1) is 0 Å². The molecule has 0 radical (unpaired) electrons. The zero-order chi connectivity index (χ0) is 17.4. The fraction of sp³-hybridized carbons (Fsp3) is 0.600. The van der Waals surface area contributed by atoms with Crippen molar-refractivity contribution in [3.8, 4) is 0 Å². The first-order chi connectivity index (χ1) is 11.4. The molecule has 1 aromatic rings. The van der Waals surface area contributed by atoms with Crippen molar-refractivity contribution in [2.45, 2.75) is 35.3 Å². The van der Waals surface area contributed by atoms with Gasteiger partial charge in [-0.25, -0.2) is 8.42 Å². The number of hydrogen-bond donors (Lipinski definition) is 1. The quantitative estimate of drug-likeness (QED) is 0.585. The van der Waals surface area contributed by atoms with Crippen LogP contribution in [0.25, 0.3) is 0 Å². The second-order valence-electron chi connectivity index (χ2n) is 6.29. The molecular formula is C15H21N3O4S2. The maximum Gasteiger partial charge on any atom is 0.270 e. The summed E-state index contributed by atoms with van der Waals surface area (Å²) in [5, 5.41) is 14.3. The number of thioether (sulfide) groups is 1. The molecule has 9 heteroatoms. The Balaban J connectivity index is 1.94. The van der Waals surface area contributed by atoms with E-state index in [9.17, 15) is 18.5 Å². The van der Waals surface area contributed by atoms with Crippen LogP contribution in [0.1, 0.15) is 25.7 Å². The fourth-order valence-electron chi connectivity index (χ4n) is 2.90. The van der Waals surface area contributed by atoms with Gasteiger partial charge in [0, 0.05) is 36.5 Å². The van der Waals surface area contributed by atoms with Gasteiger partial charge in [0.1, 0.15) is 4.90 Å². The molecule has 0 unspecified atom stereocenters. The lowest BCUT2D eigenvalue weighted by Crippen LogP contribution is -2.29. The molecule has 1 aliphatic carbocycles. The third-order valence-electron chi connectivity index (χ3n) is 4.70. The molecule has 3 rings (SSSR count). The number of hydrogen-bond acceptors (Lipinski definition) is 6. The van der Waals surface area contributed by atoms with Gasteiger partial charge in [0.15, 0.2) is 0 Å². The van der Waals surface area contributed by atoms with Crippen LogP contribution in [0.5, 0.6) is 0 Å². The van der Waals surface area contributed by atoms with Crippen LogP contribution in [-0.4, -0.2) is 48.3 Å². The zero-order valence-electron chi connectivity index (χ0n) is 13.5. The van der Waals surface area contributed by atoms with E-state index in [0.29, 0.717) is 25.3 Å². The molecule has 1 heterocycles. The van der Waals surface area contributed by atoms with Gasteiger partial charge in [-0.2, -0.15) is 16.1 Å². The Hall–Kier alpha value is -1.32. The molecule has 0 aromatic heterocycles. The highest BCUT2D eigenvalue weighted by molar-refractivity contribution is 8.00. The Morgan fingerprint density at radius 1 is 1.33 bits per heavy atom. The van der Waals surface area contributed by atoms with Crippen molar-refractivity contribution >= 4 is 33.2 Å². The molecule has 2 aliphatic rings. The lowest BCUT2D eigenvalue weighted by Gasteiger charge is -2.20. The van der Waals surface area contributed by atoms with Crippen molar-refractivity contribution in [3.05, 3.63) is 28.3 Å². The van der Waals surface area contributed by atoms with E-state index < -0.39 is 14.9 Å². The summed E-state index contributed by atoms with van der Waals surface area (Å²) in [7, 11) is -3.72. The van der Waals surface area contributed by atoms with Crippen molar-refractivity contribution in [2.75, 3.05) is 31.2 Å². The highest BCUT2D eigenvalue weighted by Crippen LogP contribution is 2.47. The van der Waals surface area contributed by atoms with Crippen LogP contribution >= 0.6 is 11.8 Å². The van der Waals surface area contributed by atoms with Crippen LogP contribution in [-0.2, 0) is 10.0 Å². The maximum atomic E-state index is 12.9. The predicted octanol–water partition coefficient (Wildman–Crippen LogP) is 2.69. The average molecular weight is 371 g/mol. The van der Waals surface area contributed by atoms with Crippen molar-refractivity contribution in [2.24, 2.45) is 0 Å². The molecular weight excluding hydrogens is 350 g/mol. The lowest BCUT2D eigenvalue weighted by atomic mass is 10.2. The van der Waals surface area contributed by atoms with Crippen molar-refractivity contribution in [1.82, 2.24) is 4.31 Å². The minimum atomic E-state index is -3.72. The minimum Gasteiger partial charge on any atom is -0.383 e. The molecule has 1 aromatic carbocycles. The number of nitrogens with one attached hydrogen (secondary N) is 1. The molecule has 132 valence electrons. The van der Waals surface area contributed by atoms with Crippen LogP contribution in [0.4, 0.5) is 11.4 Å². The van der Waals surface area contributed by atoms with E-state index in [1.165, 1.54) is 22.5 Å². The van der Waals surface area contributed by atoms with Crippen LogP contribution in [0.2, 0.25) is 0 Å². The van der Waals surface area contributed by atoms with Crippen molar-refractivity contribution in [3.63, 3.8) is 0 Å². The monoisotopic (exact) mass is 371 g/mol. The molecule has 1 saturated carbocycles. The maximum absolute atomic E-state index is 12.9. The zero-order valence-corrected chi connectivity index (χ0v) is 15.2. The van der Waals surface area contributed by atoms with E-state index >= 15 is 0 Å². The molecule has 1 saturated heterocycles. The summed E-state index contributed by atoms with van der Waals surface area (Å²) in [6.45, 7) is 1.60. The summed E-state index contributed by atoms with van der Waals surface area (Å²) < 4.78 is 27.4. The van der Waals surface area contributed by atoms with E-state index in [0.717, 1.165) is 25.7 Å². The summed E-state index contributed by atoms with van der Waals surface area (Å²) >= 11 is 1.77. The van der Waals surface area contributed by atoms with E-state index in [1.807, 2.05) is 6.26 Å². The van der Waals surface area contributed by atoms with Gasteiger partial charge in [0.25, 0.3) is 5.69 Å². The van der Waals surface area contributed by atoms with Gasteiger partial charge in [0.2, 0.25) is 10.0 Å². The first-order valence-corrected chi connectivity index (χ1v) is 10.6. The van der Waals surface area contributed by atoms with Crippen LogP contribution < -0.4 is 5.32 Å². The van der Waals surface area contributed by atoms with E-state index in [2.05, 4.69) is 5.32 Å². The summed E-state index contributed by atoms with van der Waals surface area (Å²) in [6.07, 6.45) is 5.90. The Labute approximate surface area is 146 Å². The second-order valence-corrected chi connectivity index (χ2v) is 9.47. The van der Waals surface area contributed by atoms with E-state index in [1.54, 1.807) is 11.8 Å². The summed E-state index contributed by atoms with van der Waals surface area (Å²) in [4.78, 5) is 10.5. The highest BCUT2D eigenvalue weighted by atomic mass is 32.2. The number of nitro benzene ring substituents is 1. The standard InChI is InChI=1S/C15H21N3O4S2/c1-23-15(6-7-15)11-16-13-5-4-12(18(19)20)10-14(13)24(21,22)17-8-2-3-9-17/h4-5,10,16H,2-3,6-9,11H2,1H3. The number of non-ortho nitro benzene ring substituents is 1.